The van der Waals surface area contributed by atoms with Crippen LogP contribution in [-0.4, -0.2) is 11.9 Å². The summed E-state index contributed by atoms with van der Waals surface area (Å²) in [6.07, 6.45) is 0. The van der Waals surface area contributed by atoms with E-state index in [1.807, 2.05) is 6.07 Å². The van der Waals surface area contributed by atoms with Gasteiger partial charge in [-0.2, -0.15) is 5.26 Å². The summed E-state index contributed by atoms with van der Waals surface area (Å²) in [5.41, 5.74) is 0.959. The number of rotatable bonds is 4. The molecule has 0 radical (unpaired) electrons. The van der Waals surface area contributed by atoms with Crippen molar-refractivity contribution in [2.45, 2.75) is 13.0 Å². The zero-order chi connectivity index (χ0) is 15.4. The van der Waals surface area contributed by atoms with Crippen LogP contribution in [0.1, 0.15) is 12.5 Å². The summed E-state index contributed by atoms with van der Waals surface area (Å²) in [5, 5.41) is 16.7. The Morgan fingerprint density at radius 2 is 2.24 bits per heavy atom. The number of carbonyl (C=O) groups excluding carboxylic acids is 1. The van der Waals surface area contributed by atoms with Gasteiger partial charge in [-0.15, -0.1) is 11.3 Å². The van der Waals surface area contributed by atoms with E-state index in [2.05, 4.69) is 10.6 Å². The van der Waals surface area contributed by atoms with E-state index in [1.54, 1.807) is 18.4 Å². The van der Waals surface area contributed by atoms with E-state index >= 15 is 0 Å². The molecule has 0 saturated carbocycles. The van der Waals surface area contributed by atoms with Crippen LogP contribution in [0.4, 0.5) is 15.1 Å². The average Bonchev–Trinajstić information content (AvgIpc) is 2.90. The minimum absolute atomic E-state index is 0.0161. The molecule has 7 heteroatoms. The summed E-state index contributed by atoms with van der Waals surface area (Å²) in [4.78, 5) is 12.1. The molecule has 108 valence electrons. The van der Waals surface area contributed by atoms with Crippen LogP contribution >= 0.6 is 22.9 Å². The Hall–Kier alpha value is -2.10. The van der Waals surface area contributed by atoms with Gasteiger partial charge in [0.15, 0.2) is 0 Å². The molecule has 21 heavy (non-hydrogen) atoms. The highest BCUT2D eigenvalue weighted by Crippen LogP contribution is 2.23. The molecule has 2 N–H and O–H groups in total. The van der Waals surface area contributed by atoms with E-state index in [4.69, 9.17) is 16.9 Å². The van der Waals surface area contributed by atoms with Gasteiger partial charge in [0.1, 0.15) is 22.9 Å². The maximum absolute atomic E-state index is 13.1. The number of benzene rings is 1. The average molecular weight is 324 g/mol. The van der Waals surface area contributed by atoms with Gasteiger partial charge in [0.25, 0.3) is 0 Å². The predicted molar refractivity (Wildman–Crippen MR) is 82.2 cm³/mol. The van der Waals surface area contributed by atoms with Crippen molar-refractivity contribution in [3.05, 3.63) is 46.0 Å². The van der Waals surface area contributed by atoms with Crippen molar-refractivity contribution in [2.75, 3.05) is 10.6 Å². The number of hydrogen-bond donors (Lipinski definition) is 2. The Balaban J connectivity index is 2.03. The van der Waals surface area contributed by atoms with Gasteiger partial charge in [0, 0.05) is 5.69 Å². The molecule has 0 bridgehead atoms. The lowest BCUT2D eigenvalue weighted by Gasteiger charge is -2.15. The molecule has 0 aliphatic heterocycles. The molecule has 0 saturated heterocycles. The van der Waals surface area contributed by atoms with Gasteiger partial charge in [-0.25, -0.2) is 4.39 Å². The molecule has 2 rings (SSSR count). The number of nitrogens with one attached hydrogen (secondary N) is 2. The van der Waals surface area contributed by atoms with E-state index in [-0.39, 0.29) is 10.9 Å². The molecule has 1 aromatic heterocycles. The van der Waals surface area contributed by atoms with E-state index < -0.39 is 11.9 Å². The molecule has 1 amide bonds. The van der Waals surface area contributed by atoms with Crippen molar-refractivity contribution >= 4 is 39.5 Å². The molecular formula is C14H11ClFN3OS. The lowest BCUT2D eigenvalue weighted by Crippen LogP contribution is -2.31. The molecule has 1 heterocycles. The third-order valence-electron chi connectivity index (χ3n) is 2.72. The highest BCUT2D eigenvalue weighted by Gasteiger charge is 2.15. The lowest BCUT2D eigenvalue weighted by atomic mass is 10.2. The maximum Gasteiger partial charge on any atom is 0.247 e. The van der Waals surface area contributed by atoms with Gasteiger partial charge in [0.05, 0.1) is 10.6 Å². The Morgan fingerprint density at radius 3 is 2.90 bits per heavy atom. The van der Waals surface area contributed by atoms with Crippen molar-refractivity contribution in [2.24, 2.45) is 0 Å². The molecule has 1 atom stereocenters. The van der Waals surface area contributed by atoms with E-state index in [9.17, 15) is 9.18 Å². The smallest absolute Gasteiger partial charge is 0.247 e. The first-order valence-electron chi connectivity index (χ1n) is 6.01. The Labute approximate surface area is 130 Å². The fourth-order valence-corrected chi connectivity index (χ4v) is 2.54. The topological polar surface area (TPSA) is 64.9 Å². The molecule has 2 aromatic rings. The third kappa shape index (κ3) is 3.72. The van der Waals surface area contributed by atoms with E-state index in [0.717, 1.165) is 0 Å². The molecule has 4 nitrogen and oxygen atoms in total. The van der Waals surface area contributed by atoms with Gasteiger partial charge in [0.2, 0.25) is 5.91 Å². The van der Waals surface area contributed by atoms with Crippen LogP contribution in [0.15, 0.2) is 29.6 Å². The first-order chi connectivity index (χ1) is 10.0. The predicted octanol–water partition coefficient (Wildman–Crippen LogP) is 3.85. The van der Waals surface area contributed by atoms with Crippen molar-refractivity contribution in [3.8, 4) is 6.07 Å². The minimum atomic E-state index is -0.569. The highest BCUT2D eigenvalue weighted by atomic mass is 35.5. The van der Waals surface area contributed by atoms with Crippen molar-refractivity contribution < 1.29 is 9.18 Å². The van der Waals surface area contributed by atoms with Gasteiger partial charge < -0.3 is 10.6 Å². The van der Waals surface area contributed by atoms with Gasteiger partial charge >= 0.3 is 0 Å². The SMILES string of the molecule is C[C@@H](Nc1ccc(F)c(Cl)c1)C(=O)Nc1sccc1C#N. The molecule has 0 aliphatic carbocycles. The largest absolute Gasteiger partial charge is 0.374 e. The van der Waals surface area contributed by atoms with Crippen molar-refractivity contribution in [1.82, 2.24) is 0 Å². The quantitative estimate of drug-likeness (QED) is 0.898. The molecule has 0 spiro atoms. The monoisotopic (exact) mass is 323 g/mol. The van der Waals surface area contributed by atoms with Crippen LogP contribution in [-0.2, 0) is 4.79 Å². The number of nitriles is 1. The first kappa shape index (κ1) is 15.3. The van der Waals surface area contributed by atoms with Crippen LogP contribution in [0.25, 0.3) is 0 Å². The molecule has 0 aliphatic rings. The van der Waals surface area contributed by atoms with E-state index in [1.165, 1.54) is 29.5 Å². The summed E-state index contributed by atoms with van der Waals surface area (Å²) in [6, 6.07) is 7.20. The fourth-order valence-electron chi connectivity index (χ4n) is 1.62. The Morgan fingerprint density at radius 1 is 1.48 bits per heavy atom. The second-order valence-corrected chi connectivity index (χ2v) is 5.58. The normalized spacial score (nSPS) is 11.5. The fraction of sp³-hybridized carbons (Fsp3) is 0.143. The summed E-state index contributed by atoms with van der Waals surface area (Å²) in [6.45, 7) is 1.66. The van der Waals surface area contributed by atoms with Gasteiger partial charge in [-0.05, 0) is 36.6 Å². The molecule has 1 aromatic carbocycles. The molecular weight excluding hydrogens is 313 g/mol. The number of halogens is 2. The second kappa shape index (κ2) is 6.57. The summed E-state index contributed by atoms with van der Waals surface area (Å²) in [7, 11) is 0. The maximum atomic E-state index is 13.1. The van der Waals surface area contributed by atoms with Gasteiger partial charge in [-0.3, -0.25) is 4.79 Å². The number of nitrogens with zero attached hydrogens (tertiary/aromatic N) is 1. The van der Waals surface area contributed by atoms with Gasteiger partial charge in [-0.1, -0.05) is 11.6 Å². The molecule has 0 fully saturated rings. The van der Waals surface area contributed by atoms with Crippen LogP contribution < -0.4 is 10.6 Å². The number of amides is 1. The number of anilines is 2. The zero-order valence-corrected chi connectivity index (χ0v) is 12.6. The standard InChI is InChI=1S/C14H11ClFN3OS/c1-8(18-10-2-3-12(16)11(15)6-10)13(20)19-14-9(7-17)4-5-21-14/h2-6,8,18H,1H3,(H,19,20)/t8-/m1/s1. The minimum Gasteiger partial charge on any atom is -0.374 e. The Kier molecular flexibility index (Phi) is 4.78. The number of thiophene rings is 1. The number of hydrogen-bond acceptors (Lipinski definition) is 4. The summed E-state index contributed by atoms with van der Waals surface area (Å²) < 4.78 is 13.1. The zero-order valence-electron chi connectivity index (χ0n) is 11.0. The highest BCUT2D eigenvalue weighted by molar-refractivity contribution is 7.14. The summed E-state index contributed by atoms with van der Waals surface area (Å²) in [5.74, 6) is -0.814. The first-order valence-corrected chi connectivity index (χ1v) is 7.27. The van der Waals surface area contributed by atoms with Crippen LogP contribution in [0.2, 0.25) is 5.02 Å². The third-order valence-corrected chi connectivity index (χ3v) is 3.84. The van der Waals surface area contributed by atoms with Crippen LogP contribution in [0.5, 0.6) is 0 Å². The summed E-state index contributed by atoms with van der Waals surface area (Å²) >= 11 is 6.96. The van der Waals surface area contributed by atoms with Crippen LogP contribution in [0, 0.1) is 17.1 Å². The second-order valence-electron chi connectivity index (χ2n) is 4.26. The Bertz CT molecular complexity index is 710. The lowest BCUT2D eigenvalue weighted by molar-refractivity contribution is -0.116. The van der Waals surface area contributed by atoms with E-state index in [0.29, 0.717) is 16.3 Å². The van der Waals surface area contributed by atoms with Crippen molar-refractivity contribution in [1.29, 1.82) is 5.26 Å². The van der Waals surface area contributed by atoms with Crippen molar-refractivity contribution in [3.63, 3.8) is 0 Å². The number of carbonyl (C=O) groups is 1. The van der Waals surface area contributed by atoms with Crippen LogP contribution in [0.3, 0.4) is 0 Å². The molecule has 0 unspecified atom stereocenters.